The van der Waals surface area contributed by atoms with Crippen molar-refractivity contribution in [1.29, 1.82) is 0 Å². The number of hydrogen-bond donors (Lipinski definition) is 1. The molecule has 3 atom stereocenters. The van der Waals surface area contributed by atoms with E-state index in [0.29, 0.717) is 5.92 Å². The Morgan fingerprint density at radius 1 is 1.47 bits per heavy atom. The first-order chi connectivity index (χ1) is 8.09. The van der Waals surface area contributed by atoms with E-state index in [1.54, 1.807) is 10.9 Å². The van der Waals surface area contributed by atoms with Gasteiger partial charge in [-0.15, -0.1) is 24.8 Å². The van der Waals surface area contributed by atoms with E-state index >= 15 is 0 Å². The zero-order valence-corrected chi connectivity index (χ0v) is 12.9. The number of likely N-dealkylation sites (tertiary alicyclic amines) is 1. The third-order valence-corrected chi connectivity index (χ3v) is 3.56. The van der Waals surface area contributed by atoms with E-state index in [0.717, 1.165) is 19.5 Å². The molecule has 0 radical (unpaired) electrons. The summed E-state index contributed by atoms with van der Waals surface area (Å²) < 4.78 is 1.70. The van der Waals surface area contributed by atoms with Crippen LogP contribution < -0.4 is 5.73 Å². The van der Waals surface area contributed by atoms with Gasteiger partial charge in [-0.25, -0.2) is 0 Å². The molecule has 1 amide bonds. The first-order valence-electron chi connectivity index (χ1n) is 6.13. The van der Waals surface area contributed by atoms with Crippen LogP contribution in [0.5, 0.6) is 0 Å². The summed E-state index contributed by atoms with van der Waals surface area (Å²) in [6, 6.07) is 1.82. The van der Waals surface area contributed by atoms with Crippen LogP contribution in [0.2, 0.25) is 0 Å². The number of amides is 1. The maximum absolute atomic E-state index is 12.3. The molecule has 19 heavy (non-hydrogen) atoms. The number of aromatic nitrogens is 2. The second-order valence-corrected chi connectivity index (χ2v) is 4.88. The van der Waals surface area contributed by atoms with E-state index in [1.165, 1.54) is 0 Å². The molecule has 1 saturated heterocycles. The lowest BCUT2D eigenvalue weighted by Gasteiger charge is -2.36. The summed E-state index contributed by atoms with van der Waals surface area (Å²) in [5.74, 6) is 0.505. The minimum atomic E-state index is -0.230. The topological polar surface area (TPSA) is 64.2 Å². The highest BCUT2D eigenvalue weighted by Gasteiger charge is 2.29. The van der Waals surface area contributed by atoms with Crippen LogP contribution >= 0.6 is 24.8 Å². The van der Waals surface area contributed by atoms with E-state index in [4.69, 9.17) is 5.73 Å². The molecule has 110 valence electrons. The maximum Gasteiger partial charge on any atom is 0.247 e. The number of rotatable bonds is 2. The Morgan fingerprint density at radius 2 is 2.16 bits per heavy atom. The molecule has 7 heteroatoms. The molecule has 2 N–H and O–H groups in total. The van der Waals surface area contributed by atoms with Gasteiger partial charge in [-0.3, -0.25) is 9.48 Å². The fourth-order valence-corrected chi connectivity index (χ4v) is 2.25. The zero-order chi connectivity index (χ0) is 12.4. The molecule has 2 heterocycles. The molecule has 1 aliphatic heterocycles. The van der Waals surface area contributed by atoms with Gasteiger partial charge in [0.05, 0.1) is 0 Å². The van der Waals surface area contributed by atoms with Crippen molar-refractivity contribution < 1.29 is 4.79 Å². The van der Waals surface area contributed by atoms with Gasteiger partial charge in [0, 0.05) is 31.5 Å². The fraction of sp³-hybridized carbons (Fsp3) is 0.667. The Balaban J connectivity index is 0.00000162. The molecule has 2 rings (SSSR count). The minimum absolute atomic E-state index is 0. The van der Waals surface area contributed by atoms with Crippen LogP contribution in [0.4, 0.5) is 0 Å². The van der Waals surface area contributed by atoms with Gasteiger partial charge in [0.2, 0.25) is 5.91 Å². The third kappa shape index (κ3) is 4.09. The van der Waals surface area contributed by atoms with E-state index in [2.05, 4.69) is 12.0 Å². The van der Waals surface area contributed by atoms with Crippen LogP contribution in [-0.2, 0) is 4.79 Å². The van der Waals surface area contributed by atoms with Crippen molar-refractivity contribution in [2.75, 3.05) is 13.1 Å². The van der Waals surface area contributed by atoms with Gasteiger partial charge in [-0.1, -0.05) is 6.92 Å². The molecule has 0 saturated carbocycles. The smallest absolute Gasteiger partial charge is 0.247 e. The highest BCUT2D eigenvalue weighted by molar-refractivity contribution is 5.85. The van der Waals surface area contributed by atoms with Crippen LogP contribution in [0.25, 0.3) is 0 Å². The molecule has 1 aromatic heterocycles. The lowest BCUT2D eigenvalue weighted by molar-refractivity contribution is -0.136. The van der Waals surface area contributed by atoms with Gasteiger partial charge in [-0.2, -0.15) is 5.10 Å². The summed E-state index contributed by atoms with van der Waals surface area (Å²) in [6.07, 6.45) is 4.40. The number of carbonyl (C=O) groups is 1. The van der Waals surface area contributed by atoms with Crippen molar-refractivity contribution in [2.45, 2.75) is 32.4 Å². The third-order valence-electron chi connectivity index (χ3n) is 3.56. The summed E-state index contributed by atoms with van der Waals surface area (Å²) in [5, 5.41) is 4.11. The summed E-state index contributed by atoms with van der Waals surface area (Å²) >= 11 is 0. The van der Waals surface area contributed by atoms with E-state index in [1.807, 2.05) is 24.1 Å². The summed E-state index contributed by atoms with van der Waals surface area (Å²) in [4.78, 5) is 14.2. The average molecular weight is 309 g/mol. The Kier molecular flexibility index (Phi) is 7.41. The van der Waals surface area contributed by atoms with Crippen molar-refractivity contribution in [3.63, 3.8) is 0 Å². The monoisotopic (exact) mass is 308 g/mol. The summed E-state index contributed by atoms with van der Waals surface area (Å²) in [5.41, 5.74) is 5.96. The van der Waals surface area contributed by atoms with Crippen LogP contribution in [0.15, 0.2) is 18.5 Å². The molecular weight excluding hydrogens is 287 g/mol. The molecular formula is C12H22Cl2N4O. The number of nitrogens with two attached hydrogens (primary N) is 1. The number of hydrogen-bond acceptors (Lipinski definition) is 3. The quantitative estimate of drug-likeness (QED) is 0.900. The van der Waals surface area contributed by atoms with Gasteiger partial charge in [-0.05, 0) is 25.3 Å². The van der Waals surface area contributed by atoms with E-state index in [-0.39, 0.29) is 42.8 Å². The highest BCUT2D eigenvalue weighted by Crippen LogP contribution is 2.18. The van der Waals surface area contributed by atoms with Crippen LogP contribution in [-0.4, -0.2) is 39.7 Å². The number of piperidine rings is 1. The number of halogens is 2. The van der Waals surface area contributed by atoms with Crippen LogP contribution in [0.3, 0.4) is 0 Å². The molecule has 1 aliphatic rings. The number of nitrogens with zero attached hydrogens (tertiary/aromatic N) is 3. The van der Waals surface area contributed by atoms with Gasteiger partial charge in [0.15, 0.2) is 0 Å². The first-order valence-corrected chi connectivity index (χ1v) is 6.13. The lowest BCUT2D eigenvalue weighted by Crippen LogP contribution is -2.49. The van der Waals surface area contributed by atoms with Gasteiger partial charge < -0.3 is 10.6 Å². The molecule has 0 spiro atoms. The molecule has 0 aliphatic carbocycles. The Morgan fingerprint density at radius 3 is 2.68 bits per heavy atom. The van der Waals surface area contributed by atoms with E-state index in [9.17, 15) is 4.79 Å². The largest absolute Gasteiger partial charge is 0.340 e. The van der Waals surface area contributed by atoms with Crippen molar-refractivity contribution >= 4 is 30.7 Å². The van der Waals surface area contributed by atoms with E-state index < -0.39 is 0 Å². The first kappa shape index (κ1) is 18.2. The molecule has 1 fully saturated rings. The van der Waals surface area contributed by atoms with Crippen molar-refractivity contribution in [3.8, 4) is 0 Å². The predicted octanol–water partition coefficient (Wildman–Crippen LogP) is 1.48. The summed E-state index contributed by atoms with van der Waals surface area (Å²) in [6.45, 7) is 5.50. The standard InChI is InChI=1S/C12H20N4O.2ClH/c1-9-8-15(7-4-11(9)13)12(17)10(2)16-6-3-5-14-16;;/h3,5-6,9-11H,4,7-8,13H2,1-2H3;2*1H. The van der Waals surface area contributed by atoms with Gasteiger partial charge in [0.1, 0.15) is 6.04 Å². The lowest BCUT2D eigenvalue weighted by atomic mass is 9.94. The Bertz CT molecular complexity index is 385. The normalized spacial score (nSPS) is 24.1. The average Bonchev–Trinajstić information content (AvgIpc) is 2.84. The molecule has 1 aromatic rings. The maximum atomic E-state index is 12.3. The Labute approximate surface area is 126 Å². The molecule has 3 unspecified atom stereocenters. The predicted molar refractivity (Wildman–Crippen MR) is 79.8 cm³/mol. The van der Waals surface area contributed by atoms with Crippen molar-refractivity contribution in [1.82, 2.24) is 14.7 Å². The van der Waals surface area contributed by atoms with Crippen LogP contribution in [0, 0.1) is 5.92 Å². The van der Waals surface area contributed by atoms with Gasteiger partial charge in [0.25, 0.3) is 0 Å². The minimum Gasteiger partial charge on any atom is -0.340 e. The molecule has 0 bridgehead atoms. The SMILES string of the molecule is CC1CN(C(=O)C(C)n2cccn2)CCC1N.Cl.Cl. The molecule has 5 nitrogen and oxygen atoms in total. The zero-order valence-electron chi connectivity index (χ0n) is 11.2. The highest BCUT2D eigenvalue weighted by atomic mass is 35.5. The molecule has 0 aromatic carbocycles. The van der Waals surface area contributed by atoms with Crippen molar-refractivity contribution in [3.05, 3.63) is 18.5 Å². The van der Waals surface area contributed by atoms with Gasteiger partial charge >= 0.3 is 0 Å². The Hall–Kier alpha value is -0.780. The second-order valence-electron chi connectivity index (χ2n) is 4.88. The summed E-state index contributed by atoms with van der Waals surface area (Å²) in [7, 11) is 0. The second kappa shape index (κ2) is 7.72. The van der Waals surface area contributed by atoms with Crippen LogP contribution in [0.1, 0.15) is 26.3 Å². The fourth-order valence-electron chi connectivity index (χ4n) is 2.25. The van der Waals surface area contributed by atoms with Crippen molar-refractivity contribution in [2.24, 2.45) is 11.7 Å². The number of carbonyl (C=O) groups excluding carboxylic acids is 1.